The smallest absolute Gasteiger partial charge is 0.307 e. The second-order valence-electron chi connectivity index (χ2n) is 14.0. The minimum absolute atomic E-state index is 0. The third kappa shape index (κ3) is 7.76. The van der Waals surface area contributed by atoms with E-state index in [9.17, 15) is 20.3 Å². The van der Waals surface area contributed by atoms with Gasteiger partial charge in [0, 0.05) is 61.8 Å². The van der Waals surface area contributed by atoms with E-state index in [0.717, 1.165) is 75.0 Å². The molecule has 2 fully saturated rings. The number of oxazole rings is 1. The number of likely N-dealkylation sites (tertiary alicyclic amines) is 2. The number of nitriles is 1. The van der Waals surface area contributed by atoms with Crippen molar-refractivity contribution in [2.75, 3.05) is 31.5 Å². The molecular formula is C41H41Br2N7O4. The van der Waals surface area contributed by atoms with Gasteiger partial charge in [0.25, 0.3) is 0 Å². The van der Waals surface area contributed by atoms with Gasteiger partial charge in [-0.3, -0.25) is 19.6 Å². The first-order valence-electron chi connectivity index (χ1n) is 17.6. The Balaban J connectivity index is 0.00000249. The Morgan fingerprint density at radius 1 is 0.926 bits per heavy atom. The van der Waals surface area contributed by atoms with Crippen LogP contribution in [0.3, 0.4) is 0 Å². The third-order valence-electron chi connectivity index (χ3n) is 10.4. The van der Waals surface area contributed by atoms with Gasteiger partial charge < -0.3 is 19.9 Å². The number of nitrogens with zero attached hydrogens (tertiary/aromatic N) is 6. The first kappa shape index (κ1) is 39.0. The van der Waals surface area contributed by atoms with E-state index in [-0.39, 0.29) is 46.0 Å². The average molecular weight is 856 g/mol. The van der Waals surface area contributed by atoms with Crippen molar-refractivity contribution in [3.8, 4) is 28.7 Å². The minimum Gasteiger partial charge on any atom is -0.481 e. The number of hydrogen-bond acceptors (Lipinski definition) is 10. The Morgan fingerprint density at radius 3 is 2.39 bits per heavy atom. The Morgan fingerprint density at radius 2 is 1.65 bits per heavy atom. The SMILES string of the molecule is Br.Br.Cc1c(Nc2nccc3cc(CN4CC[C@@H](O)C4)cnc23)cccc1-c1cccc(-c2nc3cc(CN4CC[C@@H](C(=O)O)C4)cc(C#N)c3o2)c1C. The fraction of sp³-hybridized carbons (Fsp3) is 0.293. The van der Waals surface area contributed by atoms with E-state index >= 15 is 0 Å². The van der Waals surface area contributed by atoms with Crippen molar-refractivity contribution < 1.29 is 19.4 Å². The van der Waals surface area contributed by atoms with Gasteiger partial charge in [-0.1, -0.05) is 24.3 Å². The quantitative estimate of drug-likeness (QED) is 0.130. The number of benzene rings is 3. The Labute approximate surface area is 334 Å². The first-order valence-corrected chi connectivity index (χ1v) is 17.6. The molecule has 0 spiro atoms. The number of fused-ring (bicyclic) bond motifs is 2. The van der Waals surface area contributed by atoms with Crippen LogP contribution in [0.25, 0.3) is 44.6 Å². The number of carboxylic acid groups (broad SMARTS) is 1. The van der Waals surface area contributed by atoms with Crippen LogP contribution in [0.5, 0.6) is 0 Å². The Hall–Kier alpha value is -4.71. The van der Waals surface area contributed by atoms with Gasteiger partial charge in [0.1, 0.15) is 17.1 Å². The van der Waals surface area contributed by atoms with Gasteiger partial charge in [-0.2, -0.15) is 5.26 Å². The molecule has 13 heteroatoms. The predicted octanol–water partition coefficient (Wildman–Crippen LogP) is 7.97. The molecule has 2 atom stereocenters. The van der Waals surface area contributed by atoms with E-state index in [4.69, 9.17) is 14.4 Å². The van der Waals surface area contributed by atoms with E-state index in [1.807, 2.05) is 48.7 Å². The van der Waals surface area contributed by atoms with Crippen LogP contribution in [0.2, 0.25) is 0 Å². The highest BCUT2D eigenvalue weighted by Crippen LogP contribution is 2.38. The van der Waals surface area contributed by atoms with E-state index < -0.39 is 5.97 Å². The first-order chi connectivity index (χ1) is 25.2. The molecule has 0 unspecified atom stereocenters. The molecule has 5 heterocycles. The van der Waals surface area contributed by atoms with Crippen molar-refractivity contribution in [1.82, 2.24) is 24.8 Å². The Kier molecular flexibility index (Phi) is 11.8. The van der Waals surface area contributed by atoms with Crippen LogP contribution >= 0.6 is 34.0 Å². The molecule has 3 aromatic heterocycles. The summed E-state index contributed by atoms with van der Waals surface area (Å²) < 4.78 is 6.28. The molecule has 0 bridgehead atoms. The van der Waals surface area contributed by atoms with Gasteiger partial charge in [-0.15, -0.1) is 34.0 Å². The molecule has 278 valence electrons. The highest BCUT2D eigenvalue weighted by molar-refractivity contribution is 8.93. The van der Waals surface area contributed by atoms with Crippen LogP contribution in [0.4, 0.5) is 11.5 Å². The fourth-order valence-electron chi connectivity index (χ4n) is 7.66. The van der Waals surface area contributed by atoms with Gasteiger partial charge in [0.15, 0.2) is 11.4 Å². The summed E-state index contributed by atoms with van der Waals surface area (Å²) in [7, 11) is 0. The Bertz CT molecular complexity index is 2390. The molecule has 0 amide bonds. The minimum atomic E-state index is -0.767. The second kappa shape index (κ2) is 16.3. The van der Waals surface area contributed by atoms with E-state index in [1.165, 1.54) is 0 Å². The maximum absolute atomic E-state index is 11.5. The van der Waals surface area contributed by atoms with Crippen molar-refractivity contribution in [2.24, 2.45) is 5.92 Å². The number of aliphatic hydroxyl groups is 1. The molecule has 0 radical (unpaired) electrons. The van der Waals surface area contributed by atoms with Crippen LogP contribution in [0.15, 0.2) is 77.5 Å². The zero-order valence-electron chi connectivity index (χ0n) is 30.0. The van der Waals surface area contributed by atoms with Gasteiger partial charge in [0.05, 0.1) is 17.6 Å². The number of halogens is 2. The number of aromatic nitrogens is 3. The molecule has 6 aromatic rings. The molecule has 0 aliphatic carbocycles. The van der Waals surface area contributed by atoms with Crippen LogP contribution in [-0.4, -0.2) is 73.2 Å². The summed E-state index contributed by atoms with van der Waals surface area (Å²) in [6.45, 7) is 8.21. The lowest BCUT2D eigenvalue weighted by atomic mass is 9.93. The summed E-state index contributed by atoms with van der Waals surface area (Å²) >= 11 is 0. The number of β-amino-alcohol motifs (C(OH)–C–C–N with tert-alkyl or cyclic N) is 1. The number of aliphatic hydroxyl groups excluding tert-OH is 1. The molecule has 8 rings (SSSR count). The van der Waals surface area contributed by atoms with Crippen LogP contribution < -0.4 is 5.32 Å². The van der Waals surface area contributed by atoms with Crippen LogP contribution in [0.1, 0.15) is 40.7 Å². The van der Waals surface area contributed by atoms with Gasteiger partial charge in [-0.25, -0.2) is 9.97 Å². The maximum atomic E-state index is 11.5. The van der Waals surface area contributed by atoms with Crippen molar-refractivity contribution in [1.29, 1.82) is 5.26 Å². The summed E-state index contributed by atoms with van der Waals surface area (Å²) in [6.07, 6.45) is 4.87. The van der Waals surface area contributed by atoms with Crippen molar-refractivity contribution >= 4 is 73.4 Å². The highest BCUT2D eigenvalue weighted by atomic mass is 79.9. The number of anilines is 2. The molecule has 2 aliphatic rings. The zero-order chi connectivity index (χ0) is 35.9. The number of nitrogens with one attached hydrogen (secondary N) is 1. The lowest BCUT2D eigenvalue weighted by Gasteiger charge is -2.17. The number of aliphatic carboxylic acids is 1. The van der Waals surface area contributed by atoms with E-state index in [0.29, 0.717) is 61.0 Å². The summed E-state index contributed by atoms with van der Waals surface area (Å²) in [4.78, 5) is 30.1. The van der Waals surface area contributed by atoms with Crippen LogP contribution in [0, 0.1) is 31.1 Å². The van der Waals surface area contributed by atoms with E-state index in [1.54, 1.807) is 6.20 Å². The van der Waals surface area contributed by atoms with Crippen molar-refractivity contribution in [3.05, 3.63) is 101 Å². The van der Waals surface area contributed by atoms with Crippen molar-refractivity contribution in [2.45, 2.75) is 45.9 Å². The number of rotatable bonds is 9. The topological polar surface area (TPSA) is 152 Å². The average Bonchev–Trinajstić information content (AvgIpc) is 3.89. The largest absolute Gasteiger partial charge is 0.481 e. The van der Waals surface area contributed by atoms with Crippen LogP contribution in [-0.2, 0) is 17.9 Å². The number of carboxylic acids is 1. The number of carbonyl (C=O) groups is 1. The van der Waals surface area contributed by atoms with Gasteiger partial charge in [-0.05, 0) is 103 Å². The normalized spacial score (nSPS) is 17.3. The summed E-state index contributed by atoms with van der Waals surface area (Å²) in [5, 5.41) is 33.9. The second-order valence-corrected chi connectivity index (χ2v) is 14.0. The standard InChI is InChI=1S/C41H39N7O4.2BrH/c1-24-32(5-3-7-34(24)40-46-36-17-26(15-30(18-42)38(36)52-40)20-47-13-10-29(22-47)41(50)51)33-6-4-8-35(25(33)2)45-39-37-28(9-12-43-39)16-27(19-44-37)21-48-14-11-31(49)23-48;;/h3-9,12,15-17,19,29,31,49H,10-11,13-14,20-23H2,1-2H3,(H,43,45)(H,50,51);2*1H/t29-,31-;;/m1../s1. The lowest BCUT2D eigenvalue weighted by Crippen LogP contribution is -2.22. The molecule has 3 aromatic carbocycles. The number of hydrogen-bond donors (Lipinski definition) is 3. The zero-order valence-corrected chi connectivity index (χ0v) is 33.4. The summed E-state index contributed by atoms with van der Waals surface area (Å²) in [6, 6.07) is 22.4. The lowest BCUT2D eigenvalue weighted by molar-refractivity contribution is -0.141. The molecular weight excluding hydrogens is 814 g/mol. The highest BCUT2D eigenvalue weighted by Gasteiger charge is 2.28. The summed E-state index contributed by atoms with van der Waals surface area (Å²) in [5.41, 5.74) is 10.1. The fourth-order valence-corrected chi connectivity index (χ4v) is 7.66. The molecule has 11 nitrogen and oxygen atoms in total. The van der Waals surface area contributed by atoms with Gasteiger partial charge in [0.2, 0.25) is 5.89 Å². The summed E-state index contributed by atoms with van der Waals surface area (Å²) in [5.74, 6) is -0.0155. The molecule has 54 heavy (non-hydrogen) atoms. The molecule has 0 saturated carbocycles. The molecule has 2 aliphatic heterocycles. The molecule has 3 N–H and O–H groups in total. The maximum Gasteiger partial charge on any atom is 0.307 e. The van der Waals surface area contributed by atoms with Crippen molar-refractivity contribution in [3.63, 3.8) is 0 Å². The predicted molar refractivity (Wildman–Crippen MR) is 219 cm³/mol. The monoisotopic (exact) mass is 853 g/mol. The van der Waals surface area contributed by atoms with E-state index in [2.05, 4.69) is 58.2 Å². The number of pyridine rings is 2. The third-order valence-corrected chi connectivity index (χ3v) is 10.4. The molecule has 2 saturated heterocycles. The van der Waals surface area contributed by atoms with Gasteiger partial charge >= 0.3 is 5.97 Å².